The van der Waals surface area contributed by atoms with Gasteiger partial charge >= 0.3 is 5.97 Å². The summed E-state index contributed by atoms with van der Waals surface area (Å²) >= 11 is 0. The predicted molar refractivity (Wildman–Crippen MR) is 50.6 cm³/mol. The molecule has 1 aromatic rings. The predicted octanol–water partition coefficient (Wildman–Crippen LogP) is 0.987. The molecule has 1 heterocycles. The quantitative estimate of drug-likeness (QED) is 0.730. The Morgan fingerprint density at radius 1 is 1.71 bits per heavy atom. The van der Waals surface area contributed by atoms with Crippen molar-refractivity contribution in [2.45, 2.75) is 19.4 Å². The molecule has 76 valence electrons. The van der Waals surface area contributed by atoms with Crippen molar-refractivity contribution in [2.24, 2.45) is 0 Å². The molecule has 1 N–H and O–H groups in total. The number of hydrogen-bond acceptors (Lipinski definition) is 4. The first-order valence-corrected chi connectivity index (χ1v) is 4.31. The highest BCUT2D eigenvalue weighted by atomic mass is 16.5. The number of rotatable bonds is 3. The Balaban J connectivity index is 2.69. The van der Waals surface area contributed by atoms with Gasteiger partial charge in [-0.2, -0.15) is 0 Å². The number of aryl methyl sites for hydroxylation is 1. The van der Waals surface area contributed by atoms with Crippen molar-refractivity contribution < 1.29 is 14.6 Å². The minimum Gasteiger partial charge on any atom is -0.469 e. The van der Waals surface area contributed by atoms with E-state index in [4.69, 9.17) is 0 Å². The van der Waals surface area contributed by atoms with Crippen LogP contribution in [0.2, 0.25) is 0 Å². The smallest absolute Gasteiger partial charge is 0.308 e. The lowest BCUT2D eigenvalue weighted by atomic mass is 10.1. The number of hydrogen-bond donors (Lipinski definition) is 1. The first-order chi connectivity index (χ1) is 6.63. The summed E-state index contributed by atoms with van der Waals surface area (Å²) in [5.41, 5.74) is 1.49. The van der Waals surface area contributed by atoms with E-state index >= 15 is 0 Å². The van der Waals surface area contributed by atoms with Crippen molar-refractivity contribution in [1.29, 1.82) is 0 Å². The lowest BCUT2D eigenvalue weighted by Gasteiger charge is -2.09. The van der Waals surface area contributed by atoms with Crippen LogP contribution in [0.15, 0.2) is 18.3 Å². The van der Waals surface area contributed by atoms with Crippen molar-refractivity contribution in [2.75, 3.05) is 7.11 Å². The lowest BCUT2D eigenvalue weighted by molar-refractivity contribution is -0.142. The molecule has 1 aromatic heterocycles. The van der Waals surface area contributed by atoms with Gasteiger partial charge < -0.3 is 9.84 Å². The number of pyridine rings is 1. The normalized spacial score (nSPS) is 12.2. The van der Waals surface area contributed by atoms with E-state index in [9.17, 15) is 9.90 Å². The Kier molecular flexibility index (Phi) is 3.59. The van der Waals surface area contributed by atoms with E-state index in [-0.39, 0.29) is 6.42 Å². The summed E-state index contributed by atoms with van der Waals surface area (Å²) in [6.45, 7) is 1.83. The number of aromatic nitrogens is 1. The van der Waals surface area contributed by atoms with E-state index < -0.39 is 12.1 Å². The highest BCUT2D eigenvalue weighted by molar-refractivity contribution is 5.70. The van der Waals surface area contributed by atoms with Crippen LogP contribution in [-0.4, -0.2) is 23.2 Å². The van der Waals surface area contributed by atoms with Crippen LogP contribution in [0.1, 0.15) is 23.8 Å². The number of carbonyl (C=O) groups is 1. The van der Waals surface area contributed by atoms with Gasteiger partial charge in [0.05, 0.1) is 19.6 Å². The van der Waals surface area contributed by atoms with E-state index in [1.54, 1.807) is 18.3 Å². The van der Waals surface area contributed by atoms with Gasteiger partial charge in [-0.3, -0.25) is 9.78 Å². The van der Waals surface area contributed by atoms with Crippen LogP contribution in [0.3, 0.4) is 0 Å². The van der Waals surface area contributed by atoms with Crippen LogP contribution in [0.25, 0.3) is 0 Å². The third kappa shape index (κ3) is 2.81. The number of aliphatic hydroxyl groups is 1. The molecular formula is C10H13NO3. The average Bonchev–Trinajstić information content (AvgIpc) is 2.17. The van der Waals surface area contributed by atoms with Crippen molar-refractivity contribution in [1.82, 2.24) is 4.98 Å². The van der Waals surface area contributed by atoms with Crippen LogP contribution >= 0.6 is 0 Å². The molecule has 0 saturated heterocycles. The Morgan fingerprint density at radius 3 is 3.00 bits per heavy atom. The van der Waals surface area contributed by atoms with Crippen LogP contribution in [0.5, 0.6) is 0 Å². The molecule has 0 aliphatic carbocycles. The zero-order chi connectivity index (χ0) is 10.6. The summed E-state index contributed by atoms with van der Waals surface area (Å²) in [5, 5.41) is 9.62. The van der Waals surface area contributed by atoms with Crippen LogP contribution in [0, 0.1) is 6.92 Å². The number of methoxy groups -OCH3 is 1. The minimum atomic E-state index is -0.816. The van der Waals surface area contributed by atoms with Gasteiger partial charge in [-0.25, -0.2) is 0 Å². The van der Waals surface area contributed by atoms with E-state index in [0.717, 1.165) is 5.69 Å². The Bertz CT molecular complexity index is 325. The van der Waals surface area contributed by atoms with E-state index in [1.807, 2.05) is 6.92 Å². The molecule has 0 aromatic carbocycles. The summed E-state index contributed by atoms with van der Waals surface area (Å²) in [4.78, 5) is 14.9. The SMILES string of the molecule is COC(=O)CC(O)c1ccnc(C)c1. The average molecular weight is 195 g/mol. The molecule has 14 heavy (non-hydrogen) atoms. The van der Waals surface area contributed by atoms with Crippen molar-refractivity contribution >= 4 is 5.97 Å². The lowest BCUT2D eigenvalue weighted by Crippen LogP contribution is -2.08. The third-order valence-corrected chi connectivity index (χ3v) is 1.89. The second-order valence-corrected chi connectivity index (χ2v) is 3.03. The van der Waals surface area contributed by atoms with Gasteiger partial charge in [0, 0.05) is 11.9 Å². The number of carbonyl (C=O) groups excluding carboxylic acids is 1. The second-order valence-electron chi connectivity index (χ2n) is 3.03. The maximum Gasteiger partial charge on any atom is 0.308 e. The molecule has 0 fully saturated rings. The van der Waals surface area contributed by atoms with Gasteiger partial charge in [-0.1, -0.05) is 0 Å². The highest BCUT2D eigenvalue weighted by Crippen LogP contribution is 2.16. The molecule has 1 rings (SSSR count). The standard InChI is InChI=1S/C10H13NO3/c1-7-5-8(3-4-11-7)9(12)6-10(13)14-2/h3-5,9,12H,6H2,1-2H3. The first kappa shape index (κ1) is 10.7. The van der Waals surface area contributed by atoms with Crippen LogP contribution < -0.4 is 0 Å². The molecule has 4 heteroatoms. The van der Waals surface area contributed by atoms with Gasteiger partial charge in [-0.05, 0) is 24.6 Å². The molecule has 0 saturated carbocycles. The molecule has 0 bridgehead atoms. The summed E-state index contributed by atoms with van der Waals surface area (Å²) in [6, 6.07) is 3.42. The molecule has 0 spiro atoms. The zero-order valence-corrected chi connectivity index (χ0v) is 8.23. The topological polar surface area (TPSA) is 59.4 Å². The molecular weight excluding hydrogens is 182 g/mol. The first-order valence-electron chi connectivity index (χ1n) is 4.31. The Morgan fingerprint density at radius 2 is 2.43 bits per heavy atom. The molecule has 0 aliphatic rings. The monoisotopic (exact) mass is 195 g/mol. The zero-order valence-electron chi connectivity index (χ0n) is 8.23. The number of nitrogens with zero attached hydrogens (tertiary/aromatic N) is 1. The summed E-state index contributed by atoms with van der Waals surface area (Å²) in [6.07, 6.45) is 0.759. The van der Waals surface area contributed by atoms with Gasteiger partial charge in [0.1, 0.15) is 0 Å². The minimum absolute atomic E-state index is 0.0278. The maximum atomic E-state index is 10.9. The maximum absolute atomic E-state index is 10.9. The van der Waals surface area contributed by atoms with Gasteiger partial charge in [-0.15, -0.1) is 0 Å². The fourth-order valence-corrected chi connectivity index (χ4v) is 1.13. The van der Waals surface area contributed by atoms with E-state index in [1.165, 1.54) is 7.11 Å². The van der Waals surface area contributed by atoms with Crippen LogP contribution in [0.4, 0.5) is 0 Å². The highest BCUT2D eigenvalue weighted by Gasteiger charge is 2.13. The van der Waals surface area contributed by atoms with Gasteiger partial charge in [0.15, 0.2) is 0 Å². The summed E-state index contributed by atoms with van der Waals surface area (Å²) in [5.74, 6) is -0.424. The molecule has 0 radical (unpaired) electrons. The van der Waals surface area contributed by atoms with Gasteiger partial charge in [0.2, 0.25) is 0 Å². The molecule has 0 amide bonds. The van der Waals surface area contributed by atoms with E-state index in [2.05, 4.69) is 9.72 Å². The van der Waals surface area contributed by atoms with E-state index in [0.29, 0.717) is 5.56 Å². The van der Waals surface area contributed by atoms with Crippen molar-refractivity contribution in [3.05, 3.63) is 29.6 Å². The summed E-state index contributed by atoms with van der Waals surface area (Å²) < 4.78 is 4.46. The Hall–Kier alpha value is -1.42. The van der Waals surface area contributed by atoms with Crippen molar-refractivity contribution in [3.63, 3.8) is 0 Å². The van der Waals surface area contributed by atoms with Crippen molar-refractivity contribution in [3.8, 4) is 0 Å². The van der Waals surface area contributed by atoms with Crippen LogP contribution in [-0.2, 0) is 9.53 Å². The number of aliphatic hydroxyl groups excluding tert-OH is 1. The Labute approximate surface area is 82.5 Å². The second kappa shape index (κ2) is 4.72. The van der Waals surface area contributed by atoms with Gasteiger partial charge in [0.25, 0.3) is 0 Å². The number of esters is 1. The molecule has 4 nitrogen and oxygen atoms in total. The number of ether oxygens (including phenoxy) is 1. The largest absolute Gasteiger partial charge is 0.469 e. The summed E-state index contributed by atoms with van der Waals surface area (Å²) in [7, 11) is 1.30. The fraction of sp³-hybridized carbons (Fsp3) is 0.400. The molecule has 1 unspecified atom stereocenters. The molecule has 1 atom stereocenters. The molecule has 0 aliphatic heterocycles. The third-order valence-electron chi connectivity index (χ3n) is 1.89. The fourth-order valence-electron chi connectivity index (χ4n) is 1.13.